The third kappa shape index (κ3) is 1.25. The molecule has 0 radical (unpaired) electrons. The average Bonchev–Trinajstić information content (AvgIpc) is 2.65. The Kier molecular flexibility index (Phi) is 1.92. The lowest BCUT2D eigenvalue weighted by Gasteiger charge is -2.20. The van der Waals surface area contributed by atoms with E-state index in [2.05, 4.69) is 0 Å². The lowest BCUT2D eigenvalue weighted by atomic mass is 9.91. The Morgan fingerprint density at radius 2 is 1.91 bits per heavy atom. The molecule has 0 saturated heterocycles. The summed E-state index contributed by atoms with van der Waals surface area (Å²) in [6.45, 7) is 3.68. The molecular formula is C8H14O3. The van der Waals surface area contributed by atoms with Gasteiger partial charge in [0.05, 0.1) is 11.5 Å². The Morgan fingerprint density at radius 3 is 2.00 bits per heavy atom. The normalized spacial score (nSPS) is 23.3. The third-order valence-corrected chi connectivity index (χ3v) is 2.41. The monoisotopic (exact) mass is 158 g/mol. The Bertz CT molecular complexity index is 170. The number of rotatable bonds is 3. The molecule has 1 atom stereocenters. The highest BCUT2D eigenvalue weighted by Crippen LogP contribution is 2.50. The molecule has 1 aliphatic rings. The Labute approximate surface area is 66.0 Å². The molecule has 0 heterocycles. The minimum absolute atomic E-state index is 0.0357. The van der Waals surface area contributed by atoms with E-state index in [4.69, 9.17) is 5.11 Å². The second kappa shape index (κ2) is 2.48. The molecule has 3 heteroatoms. The van der Waals surface area contributed by atoms with Gasteiger partial charge in [-0.2, -0.15) is 0 Å². The van der Waals surface area contributed by atoms with Gasteiger partial charge < -0.3 is 10.2 Å². The minimum atomic E-state index is -0.848. The van der Waals surface area contributed by atoms with Gasteiger partial charge in [-0.15, -0.1) is 0 Å². The zero-order valence-electron chi connectivity index (χ0n) is 6.87. The molecule has 64 valence electrons. The fraction of sp³-hybridized carbons (Fsp3) is 0.875. The first kappa shape index (κ1) is 8.53. The second-order valence-corrected chi connectivity index (χ2v) is 3.65. The molecule has 1 aliphatic carbocycles. The number of carbonyl (C=O) groups is 1. The van der Waals surface area contributed by atoms with Gasteiger partial charge in [0.2, 0.25) is 0 Å². The molecule has 11 heavy (non-hydrogen) atoms. The van der Waals surface area contributed by atoms with E-state index < -0.39 is 17.5 Å². The number of hydrogen-bond donors (Lipinski definition) is 2. The van der Waals surface area contributed by atoms with E-state index >= 15 is 0 Å². The van der Waals surface area contributed by atoms with Crippen LogP contribution < -0.4 is 0 Å². The van der Waals surface area contributed by atoms with Crippen LogP contribution in [0.4, 0.5) is 0 Å². The zero-order valence-corrected chi connectivity index (χ0v) is 6.87. The van der Waals surface area contributed by atoms with Crippen molar-refractivity contribution in [2.75, 3.05) is 0 Å². The summed E-state index contributed by atoms with van der Waals surface area (Å²) in [6.07, 6.45) is 0.573. The van der Waals surface area contributed by atoms with Crippen LogP contribution in [0.15, 0.2) is 0 Å². The molecule has 0 aromatic carbocycles. The van der Waals surface area contributed by atoms with Gasteiger partial charge in [-0.1, -0.05) is 13.8 Å². The fourth-order valence-electron chi connectivity index (χ4n) is 1.41. The van der Waals surface area contributed by atoms with Crippen molar-refractivity contribution in [2.24, 2.45) is 11.3 Å². The summed E-state index contributed by atoms with van der Waals surface area (Å²) < 4.78 is 0. The van der Waals surface area contributed by atoms with Crippen molar-refractivity contribution in [3.05, 3.63) is 0 Å². The Morgan fingerprint density at radius 1 is 1.45 bits per heavy atom. The van der Waals surface area contributed by atoms with Gasteiger partial charge >= 0.3 is 5.97 Å². The van der Waals surface area contributed by atoms with Gasteiger partial charge in [-0.25, -0.2) is 0 Å². The van der Waals surface area contributed by atoms with Gasteiger partial charge in [-0.3, -0.25) is 4.79 Å². The predicted octanol–water partition coefficient (Wildman–Crippen LogP) is 0.868. The first-order valence-corrected chi connectivity index (χ1v) is 3.92. The first-order valence-electron chi connectivity index (χ1n) is 3.92. The van der Waals surface area contributed by atoms with E-state index in [0.29, 0.717) is 12.8 Å². The maximum atomic E-state index is 10.7. The van der Waals surface area contributed by atoms with E-state index in [-0.39, 0.29) is 5.92 Å². The first-order chi connectivity index (χ1) is 5.00. The fourth-order valence-corrected chi connectivity index (χ4v) is 1.41. The van der Waals surface area contributed by atoms with Crippen molar-refractivity contribution >= 4 is 5.97 Å². The quantitative estimate of drug-likeness (QED) is 0.640. The molecule has 1 rings (SSSR count). The molecular weight excluding hydrogens is 144 g/mol. The highest BCUT2D eigenvalue weighted by Gasteiger charge is 2.56. The topological polar surface area (TPSA) is 57.5 Å². The Balaban J connectivity index is 2.65. The molecule has 0 aliphatic heterocycles. The number of carboxylic acid groups (broad SMARTS) is 1. The van der Waals surface area contributed by atoms with Gasteiger partial charge in [0.15, 0.2) is 0 Å². The van der Waals surface area contributed by atoms with Gasteiger partial charge in [-0.05, 0) is 18.8 Å². The molecule has 1 fully saturated rings. The van der Waals surface area contributed by atoms with Crippen molar-refractivity contribution in [1.29, 1.82) is 0 Å². The summed E-state index contributed by atoms with van der Waals surface area (Å²) in [5, 5.41) is 18.3. The van der Waals surface area contributed by atoms with Crippen LogP contribution >= 0.6 is 0 Å². The SMILES string of the molecule is CC(C)C(O)C1(C(=O)O)CC1. The summed E-state index contributed by atoms with van der Waals surface area (Å²) in [4.78, 5) is 10.7. The van der Waals surface area contributed by atoms with Crippen LogP contribution in [-0.4, -0.2) is 22.3 Å². The second-order valence-electron chi connectivity index (χ2n) is 3.65. The van der Waals surface area contributed by atoms with Crippen molar-refractivity contribution in [3.63, 3.8) is 0 Å². The highest BCUT2D eigenvalue weighted by atomic mass is 16.4. The van der Waals surface area contributed by atoms with Crippen LogP contribution in [0.5, 0.6) is 0 Å². The summed E-state index contributed by atoms with van der Waals surface area (Å²) >= 11 is 0. The van der Waals surface area contributed by atoms with E-state index in [1.54, 1.807) is 0 Å². The van der Waals surface area contributed by atoms with E-state index in [9.17, 15) is 9.90 Å². The number of aliphatic carboxylic acids is 1. The van der Waals surface area contributed by atoms with Crippen LogP contribution in [0, 0.1) is 11.3 Å². The van der Waals surface area contributed by atoms with Gasteiger partial charge in [0.25, 0.3) is 0 Å². The molecule has 0 aromatic rings. The summed E-state index contributed by atoms with van der Waals surface area (Å²) in [6, 6.07) is 0. The maximum Gasteiger partial charge on any atom is 0.312 e. The lowest BCUT2D eigenvalue weighted by Crippen LogP contribution is -2.33. The number of carboxylic acids is 1. The van der Waals surface area contributed by atoms with Crippen molar-refractivity contribution in [3.8, 4) is 0 Å². The molecule has 1 saturated carbocycles. The van der Waals surface area contributed by atoms with Crippen molar-refractivity contribution < 1.29 is 15.0 Å². The van der Waals surface area contributed by atoms with Crippen molar-refractivity contribution in [1.82, 2.24) is 0 Å². The summed E-state index contributed by atoms with van der Waals surface area (Å²) in [7, 11) is 0. The van der Waals surface area contributed by atoms with Crippen LogP contribution in [0.2, 0.25) is 0 Å². The van der Waals surface area contributed by atoms with Crippen LogP contribution in [0.1, 0.15) is 26.7 Å². The predicted molar refractivity (Wildman–Crippen MR) is 40.1 cm³/mol. The van der Waals surface area contributed by atoms with Gasteiger partial charge in [0.1, 0.15) is 0 Å². The molecule has 0 spiro atoms. The maximum absolute atomic E-state index is 10.7. The third-order valence-electron chi connectivity index (χ3n) is 2.41. The van der Waals surface area contributed by atoms with Crippen LogP contribution in [-0.2, 0) is 4.79 Å². The van der Waals surface area contributed by atoms with E-state index in [1.807, 2.05) is 13.8 Å². The Hall–Kier alpha value is -0.570. The molecule has 0 aromatic heterocycles. The zero-order chi connectivity index (χ0) is 8.65. The molecule has 0 amide bonds. The van der Waals surface area contributed by atoms with E-state index in [1.165, 1.54) is 0 Å². The highest BCUT2D eigenvalue weighted by molar-refractivity contribution is 5.78. The summed E-state index contributed by atoms with van der Waals surface area (Å²) in [5.41, 5.74) is -0.797. The molecule has 0 bridgehead atoms. The lowest BCUT2D eigenvalue weighted by molar-refractivity contribution is -0.149. The van der Waals surface area contributed by atoms with Crippen LogP contribution in [0.25, 0.3) is 0 Å². The van der Waals surface area contributed by atoms with Gasteiger partial charge in [0, 0.05) is 0 Å². The molecule has 2 N–H and O–H groups in total. The molecule has 3 nitrogen and oxygen atoms in total. The number of hydrogen-bond acceptors (Lipinski definition) is 2. The standard InChI is InChI=1S/C8H14O3/c1-5(2)6(9)8(3-4-8)7(10)11/h5-6,9H,3-4H2,1-2H3,(H,10,11). The smallest absolute Gasteiger partial charge is 0.312 e. The van der Waals surface area contributed by atoms with Crippen molar-refractivity contribution in [2.45, 2.75) is 32.8 Å². The molecule has 1 unspecified atom stereocenters. The van der Waals surface area contributed by atoms with Crippen LogP contribution in [0.3, 0.4) is 0 Å². The number of aliphatic hydroxyl groups is 1. The largest absolute Gasteiger partial charge is 0.481 e. The minimum Gasteiger partial charge on any atom is -0.481 e. The number of aliphatic hydroxyl groups excluding tert-OH is 1. The average molecular weight is 158 g/mol. The van der Waals surface area contributed by atoms with E-state index in [0.717, 1.165) is 0 Å². The summed E-state index contributed by atoms with van der Waals surface area (Å²) in [5.74, 6) is -0.813.